The number of amides is 2. The Morgan fingerprint density at radius 2 is 1.83 bits per heavy atom. The first-order chi connectivity index (χ1) is 14.2. The van der Waals surface area contributed by atoms with Crippen LogP contribution in [-0.2, 0) is 4.79 Å². The first-order valence-corrected chi connectivity index (χ1v) is 10.5. The Morgan fingerprint density at radius 3 is 2.50 bits per heavy atom. The third-order valence-electron chi connectivity index (χ3n) is 3.59. The van der Waals surface area contributed by atoms with Crippen molar-refractivity contribution in [1.29, 1.82) is 0 Å². The first kappa shape index (κ1) is 23.9. The molecule has 0 fully saturated rings. The summed E-state index contributed by atoms with van der Waals surface area (Å²) in [6.07, 6.45) is -0.105. The number of nitrogens with one attached hydrogen (secondary N) is 3. The van der Waals surface area contributed by atoms with Gasteiger partial charge in [-0.05, 0) is 75.0 Å². The zero-order chi connectivity index (χ0) is 22.3. The van der Waals surface area contributed by atoms with Gasteiger partial charge in [-0.15, -0.1) is 0 Å². The van der Waals surface area contributed by atoms with Crippen molar-refractivity contribution >= 4 is 56.7 Å². The van der Waals surface area contributed by atoms with Crippen LogP contribution >= 0.6 is 39.7 Å². The van der Waals surface area contributed by atoms with Crippen LogP contribution in [0, 0.1) is 6.92 Å². The van der Waals surface area contributed by atoms with Gasteiger partial charge in [0.1, 0.15) is 11.5 Å². The summed E-state index contributed by atoms with van der Waals surface area (Å²) in [5, 5.41) is 3.00. The van der Waals surface area contributed by atoms with Crippen molar-refractivity contribution in [2.45, 2.75) is 26.9 Å². The van der Waals surface area contributed by atoms with Crippen LogP contribution in [0.25, 0.3) is 0 Å². The Labute approximate surface area is 193 Å². The molecule has 0 aliphatic rings. The van der Waals surface area contributed by atoms with E-state index in [0.717, 1.165) is 5.56 Å². The predicted octanol–water partition coefficient (Wildman–Crippen LogP) is 3.91. The smallest absolute Gasteiger partial charge is 0.276 e. The van der Waals surface area contributed by atoms with E-state index in [1.165, 1.54) is 0 Å². The average Bonchev–Trinajstić information content (AvgIpc) is 2.66. The van der Waals surface area contributed by atoms with Crippen molar-refractivity contribution in [3.05, 3.63) is 57.0 Å². The fourth-order valence-corrected chi connectivity index (χ4v) is 3.05. The number of hydrazine groups is 1. The van der Waals surface area contributed by atoms with Crippen LogP contribution in [0.3, 0.4) is 0 Å². The highest BCUT2D eigenvalue weighted by atomic mass is 79.9. The molecule has 10 heteroatoms. The Morgan fingerprint density at radius 1 is 1.13 bits per heavy atom. The molecule has 0 saturated carbocycles. The topological polar surface area (TPSA) is 88.7 Å². The molecule has 2 amide bonds. The summed E-state index contributed by atoms with van der Waals surface area (Å²) < 4.78 is 11.8. The van der Waals surface area contributed by atoms with Crippen LogP contribution in [0.2, 0.25) is 5.02 Å². The van der Waals surface area contributed by atoms with Crippen LogP contribution in [0.1, 0.15) is 29.8 Å². The molecule has 30 heavy (non-hydrogen) atoms. The second kappa shape index (κ2) is 11.1. The van der Waals surface area contributed by atoms with Crippen LogP contribution in [-0.4, -0.2) is 29.6 Å². The van der Waals surface area contributed by atoms with E-state index >= 15 is 0 Å². The third kappa shape index (κ3) is 7.47. The SMILES string of the molecule is Cc1cc(Cl)ccc1OCC(=O)NNC(=S)NC(=O)c1cc(Br)ccc1OC(C)C. The van der Waals surface area contributed by atoms with Gasteiger partial charge in [-0.1, -0.05) is 27.5 Å². The summed E-state index contributed by atoms with van der Waals surface area (Å²) in [5.41, 5.74) is 5.93. The van der Waals surface area contributed by atoms with Crippen LogP contribution < -0.4 is 25.6 Å². The minimum Gasteiger partial charge on any atom is -0.490 e. The monoisotopic (exact) mass is 513 g/mol. The minimum atomic E-state index is -0.480. The van der Waals surface area contributed by atoms with E-state index in [1.807, 2.05) is 20.8 Å². The molecule has 2 rings (SSSR count). The van der Waals surface area contributed by atoms with Gasteiger partial charge in [0.05, 0.1) is 11.7 Å². The second-order valence-corrected chi connectivity index (χ2v) is 8.22. The summed E-state index contributed by atoms with van der Waals surface area (Å²) in [6, 6.07) is 10.2. The average molecular weight is 515 g/mol. The molecule has 2 aromatic carbocycles. The highest BCUT2D eigenvalue weighted by Gasteiger charge is 2.16. The molecule has 0 unspecified atom stereocenters. The van der Waals surface area contributed by atoms with Crippen molar-refractivity contribution in [3.8, 4) is 11.5 Å². The molecule has 0 radical (unpaired) electrons. The maximum atomic E-state index is 12.5. The zero-order valence-electron chi connectivity index (χ0n) is 16.5. The van der Waals surface area contributed by atoms with Gasteiger partial charge in [-0.25, -0.2) is 0 Å². The fraction of sp³-hybridized carbons (Fsp3) is 0.250. The Balaban J connectivity index is 1.86. The van der Waals surface area contributed by atoms with E-state index < -0.39 is 11.8 Å². The predicted molar refractivity (Wildman–Crippen MR) is 123 cm³/mol. The lowest BCUT2D eigenvalue weighted by Crippen LogP contribution is -2.49. The van der Waals surface area contributed by atoms with E-state index in [0.29, 0.717) is 26.6 Å². The van der Waals surface area contributed by atoms with Crippen LogP contribution in [0.15, 0.2) is 40.9 Å². The number of rotatable bonds is 6. The fourth-order valence-electron chi connectivity index (χ4n) is 2.32. The minimum absolute atomic E-state index is 0.0773. The number of thiocarbonyl (C=S) groups is 1. The maximum Gasteiger partial charge on any atom is 0.276 e. The largest absolute Gasteiger partial charge is 0.490 e. The quantitative estimate of drug-likeness (QED) is 0.400. The summed E-state index contributed by atoms with van der Waals surface area (Å²) >= 11 is 14.3. The van der Waals surface area contributed by atoms with E-state index in [2.05, 4.69) is 32.1 Å². The summed E-state index contributed by atoms with van der Waals surface area (Å²) in [5.74, 6) is 0.000934. The number of ether oxygens (including phenoxy) is 2. The van der Waals surface area contributed by atoms with E-state index in [9.17, 15) is 9.59 Å². The molecular weight excluding hydrogens is 494 g/mol. The number of aryl methyl sites for hydroxylation is 1. The van der Waals surface area contributed by atoms with Crippen LogP contribution in [0.4, 0.5) is 0 Å². The standard InChI is InChI=1S/C20H21BrClN3O4S/c1-11(2)29-17-6-4-13(21)9-15(17)19(27)23-20(30)25-24-18(26)10-28-16-7-5-14(22)8-12(16)3/h4-9,11H,10H2,1-3H3,(H,24,26)(H2,23,25,27,30). The van der Waals surface area contributed by atoms with Crippen LogP contribution in [0.5, 0.6) is 11.5 Å². The van der Waals surface area contributed by atoms with Gasteiger partial charge in [0.25, 0.3) is 11.8 Å². The van der Waals surface area contributed by atoms with Crippen molar-refractivity contribution in [2.24, 2.45) is 0 Å². The van der Waals surface area contributed by atoms with E-state index in [1.54, 1.807) is 36.4 Å². The molecule has 2 aromatic rings. The lowest BCUT2D eigenvalue weighted by Gasteiger charge is -2.15. The maximum absolute atomic E-state index is 12.5. The summed E-state index contributed by atoms with van der Waals surface area (Å²) in [6.45, 7) is 5.30. The van der Waals surface area contributed by atoms with Crippen molar-refractivity contribution in [1.82, 2.24) is 16.2 Å². The van der Waals surface area contributed by atoms with E-state index in [-0.39, 0.29) is 17.8 Å². The molecule has 0 bridgehead atoms. The molecular formula is C20H21BrClN3O4S. The molecule has 0 atom stereocenters. The molecule has 0 aliphatic carbocycles. The van der Waals surface area contributed by atoms with Gasteiger partial charge in [-0.2, -0.15) is 0 Å². The molecule has 0 spiro atoms. The molecule has 7 nitrogen and oxygen atoms in total. The number of benzene rings is 2. The molecule has 0 heterocycles. The van der Waals surface area contributed by atoms with Gasteiger partial charge in [-0.3, -0.25) is 25.8 Å². The summed E-state index contributed by atoms with van der Waals surface area (Å²) in [7, 11) is 0. The third-order valence-corrected chi connectivity index (χ3v) is 4.52. The van der Waals surface area contributed by atoms with Crippen molar-refractivity contribution in [2.75, 3.05) is 6.61 Å². The number of hydrogen-bond acceptors (Lipinski definition) is 5. The lowest BCUT2D eigenvalue weighted by molar-refractivity contribution is -0.123. The zero-order valence-corrected chi connectivity index (χ0v) is 19.7. The molecule has 0 aromatic heterocycles. The summed E-state index contributed by atoms with van der Waals surface area (Å²) in [4.78, 5) is 24.5. The molecule has 0 aliphatic heterocycles. The number of hydrogen-bond donors (Lipinski definition) is 3. The lowest BCUT2D eigenvalue weighted by atomic mass is 10.2. The van der Waals surface area contributed by atoms with Gasteiger partial charge in [0.2, 0.25) is 0 Å². The number of carbonyl (C=O) groups excluding carboxylic acids is 2. The van der Waals surface area contributed by atoms with Crippen molar-refractivity contribution < 1.29 is 19.1 Å². The number of halogens is 2. The Hall–Kier alpha value is -2.36. The molecule has 0 saturated heterocycles. The van der Waals surface area contributed by atoms with Gasteiger partial charge >= 0.3 is 0 Å². The van der Waals surface area contributed by atoms with E-state index in [4.69, 9.17) is 33.3 Å². The Kier molecular flexibility index (Phi) is 8.88. The highest BCUT2D eigenvalue weighted by molar-refractivity contribution is 9.10. The number of carbonyl (C=O) groups is 2. The molecule has 160 valence electrons. The van der Waals surface area contributed by atoms with Gasteiger partial charge in [0.15, 0.2) is 11.7 Å². The highest BCUT2D eigenvalue weighted by Crippen LogP contribution is 2.24. The second-order valence-electron chi connectivity index (χ2n) is 6.46. The first-order valence-electron chi connectivity index (χ1n) is 8.91. The van der Waals surface area contributed by atoms with Crippen molar-refractivity contribution in [3.63, 3.8) is 0 Å². The molecule has 3 N–H and O–H groups in total. The normalized spacial score (nSPS) is 10.3. The Bertz CT molecular complexity index is 956. The van der Waals surface area contributed by atoms with Gasteiger partial charge < -0.3 is 9.47 Å². The van der Waals surface area contributed by atoms with Gasteiger partial charge in [0, 0.05) is 9.50 Å².